The molecule has 0 aliphatic carbocycles. The third-order valence-electron chi connectivity index (χ3n) is 3.16. The van der Waals surface area contributed by atoms with Gasteiger partial charge >= 0.3 is 0 Å². The summed E-state index contributed by atoms with van der Waals surface area (Å²) in [5, 5.41) is 3.99. The lowest BCUT2D eigenvalue weighted by Gasteiger charge is -2.35. The van der Waals surface area contributed by atoms with E-state index in [4.69, 9.17) is 15.0 Å². The fraction of sp³-hybridized carbons (Fsp3) is 0.385. The van der Waals surface area contributed by atoms with Crippen LogP contribution in [0.3, 0.4) is 0 Å². The monoisotopic (exact) mass is 260 g/mol. The van der Waals surface area contributed by atoms with E-state index in [1.165, 1.54) is 0 Å². The van der Waals surface area contributed by atoms with Gasteiger partial charge in [-0.1, -0.05) is 5.16 Å². The van der Waals surface area contributed by atoms with Crippen molar-refractivity contribution in [1.29, 1.82) is 0 Å². The molecule has 19 heavy (non-hydrogen) atoms. The van der Waals surface area contributed by atoms with E-state index in [9.17, 15) is 0 Å². The molecule has 100 valence electrons. The lowest BCUT2D eigenvalue weighted by molar-refractivity contribution is 0.125. The Morgan fingerprint density at radius 3 is 2.74 bits per heavy atom. The van der Waals surface area contributed by atoms with Crippen LogP contribution in [0.15, 0.2) is 28.8 Å². The second-order valence-electron chi connectivity index (χ2n) is 4.69. The third kappa shape index (κ3) is 2.59. The SMILES string of the molecule is COc1ccc(-c2noc(CN3CC(N)C3)n2)cc1. The molecule has 3 rings (SSSR count). The molecule has 0 saturated carbocycles. The Bertz CT molecular complexity index is 546. The van der Waals surface area contributed by atoms with Gasteiger partial charge in [0.1, 0.15) is 5.75 Å². The number of ether oxygens (including phenoxy) is 1. The number of hydrogen-bond acceptors (Lipinski definition) is 6. The molecular formula is C13H16N4O2. The topological polar surface area (TPSA) is 77.4 Å². The van der Waals surface area contributed by atoms with Crippen LogP contribution in [0.25, 0.3) is 11.4 Å². The van der Waals surface area contributed by atoms with Crippen molar-refractivity contribution in [2.24, 2.45) is 5.73 Å². The summed E-state index contributed by atoms with van der Waals surface area (Å²) in [5.74, 6) is 2.03. The minimum atomic E-state index is 0.281. The molecule has 0 spiro atoms. The number of hydrogen-bond donors (Lipinski definition) is 1. The molecule has 0 bridgehead atoms. The molecule has 2 aromatic rings. The molecule has 1 aromatic carbocycles. The molecule has 2 heterocycles. The van der Waals surface area contributed by atoms with Gasteiger partial charge in [-0.25, -0.2) is 0 Å². The summed E-state index contributed by atoms with van der Waals surface area (Å²) in [7, 11) is 1.64. The zero-order valence-corrected chi connectivity index (χ0v) is 10.7. The quantitative estimate of drug-likeness (QED) is 0.879. The Morgan fingerprint density at radius 1 is 1.37 bits per heavy atom. The molecule has 0 radical (unpaired) electrons. The Balaban J connectivity index is 1.69. The van der Waals surface area contributed by atoms with Crippen LogP contribution < -0.4 is 10.5 Å². The van der Waals surface area contributed by atoms with E-state index in [0.29, 0.717) is 18.3 Å². The van der Waals surface area contributed by atoms with Crippen molar-refractivity contribution in [2.75, 3.05) is 20.2 Å². The van der Waals surface area contributed by atoms with Crippen molar-refractivity contribution in [3.8, 4) is 17.1 Å². The van der Waals surface area contributed by atoms with Gasteiger partial charge in [0.05, 0.1) is 13.7 Å². The number of nitrogens with zero attached hydrogens (tertiary/aromatic N) is 3. The van der Waals surface area contributed by atoms with Crippen molar-refractivity contribution in [3.63, 3.8) is 0 Å². The van der Waals surface area contributed by atoms with Gasteiger partial charge in [-0.2, -0.15) is 4.98 Å². The fourth-order valence-electron chi connectivity index (χ4n) is 2.11. The van der Waals surface area contributed by atoms with Crippen LogP contribution in [0, 0.1) is 0 Å². The maximum atomic E-state index is 5.73. The number of likely N-dealkylation sites (tertiary alicyclic amines) is 1. The van der Waals surface area contributed by atoms with Crippen molar-refractivity contribution in [1.82, 2.24) is 15.0 Å². The first-order valence-corrected chi connectivity index (χ1v) is 6.19. The Kier molecular flexibility index (Phi) is 3.18. The van der Waals surface area contributed by atoms with E-state index in [0.717, 1.165) is 24.4 Å². The van der Waals surface area contributed by atoms with Crippen LogP contribution in [0.2, 0.25) is 0 Å². The minimum absolute atomic E-state index is 0.281. The van der Waals surface area contributed by atoms with E-state index >= 15 is 0 Å². The number of rotatable bonds is 4. The van der Waals surface area contributed by atoms with Gasteiger partial charge in [-0.05, 0) is 24.3 Å². The molecule has 1 saturated heterocycles. The van der Waals surface area contributed by atoms with Gasteiger partial charge < -0.3 is 15.0 Å². The second-order valence-corrected chi connectivity index (χ2v) is 4.69. The van der Waals surface area contributed by atoms with Gasteiger partial charge in [-0.15, -0.1) is 0 Å². The predicted octanol–water partition coefficient (Wildman–Crippen LogP) is 0.888. The Morgan fingerprint density at radius 2 is 2.11 bits per heavy atom. The summed E-state index contributed by atoms with van der Waals surface area (Å²) in [5.41, 5.74) is 6.64. The van der Waals surface area contributed by atoms with Crippen LogP contribution in [0.1, 0.15) is 5.89 Å². The highest BCUT2D eigenvalue weighted by molar-refractivity contribution is 5.55. The molecule has 0 atom stereocenters. The molecule has 1 aromatic heterocycles. The summed E-state index contributed by atoms with van der Waals surface area (Å²) in [6.07, 6.45) is 0. The van der Waals surface area contributed by atoms with Crippen molar-refractivity contribution in [2.45, 2.75) is 12.6 Å². The zero-order chi connectivity index (χ0) is 13.2. The summed E-state index contributed by atoms with van der Waals surface area (Å²) < 4.78 is 10.4. The molecule has 2 N–H and O–H groups in total. The number of methoxy groups -OCH3 is 1. The molecule has 0 unspecified atom stereocenters. The average Bonchev–Trinajstić information content (AvgIpc) is 2.86. The van der Waals surface area contributed by atoms with Gasteiger partial charge in [0.25, 0.3) is 0 Å². The van der Waals surface area contributed by atoms with Crippen LogP contribution >= 0.6 is 0 Å². The first-order valence-electron chi connectivity index (χ1n) is 6.19. The smallest absolute Gasteiger partial charge is 0.241 e. The van der Waals surface area contributed by atoms with Gasteiger partial charge in [0.2, 0.25) is 11.7 Å². The summed E-state index contributed by atoms with van der Waals surface area (Å²) in [6, 6.07) is 7.85. The van der Waals surface area contributed by atoms with E-state index in [2.05, 4.69) is 15.0 Å². The normalized spacial score (nSPS) is 16.3. The first-order chi connectivity index (χ1) is 9.24. The predicted molar refractivity (Wildman–Crippen MR) is 69.5 cm³/mol. The van der Waals surface area contributed by atoms with Crippen LogP contribution in [-0.2, 0) is 6.54 Å². The summed E-state index contributed by atoms with van der Waals surface area (Å²) in [4.78, 5) is 6.56. The lowest BCUT2D eigenvalue weighted by atomic mass is 10.1. The van der Waals surface area contributed by atoms with E-state index in [1.807, 2.05) is 24.3 Å². The van der Waals surface area contributed by atoms with Crippen LogP contribution in [-0.4, -0.2) is 41.3 Å². The minimum Gasteiger partial charge on any atom is -0.497 e. The Labute approximate surface area is 111 Å². The zero-order valence-electron chi connectivity index (χ0n) is 10.7. The van der Waals surface area contributed by atoms with E-state index < -0.39 is 0 Å². The maximum absolute atomic E-state index is 5.73. The van der Waals surface area contributed by atoms with Gasteiger partial charge in [-0.3, -0.25) is 4.90 Å². The lowest BCUT2D eigenvalue weighted by Crippen LogP contribution is -2.54. The van der Waals surface area contributed by atoms with Gasteiger partial charge in [0.15, 0.2) is 0 Å². The summed E-state index contributed by atoms with van der Waals surface area (Å²) >= 11 is 0. The maximum Gasteiger partial charge on any atom is 0.241 e. The van der Waals surface area contributed by atoms with Crippen LogP contribution in [0.4, 0.5) is 0 Å². The first kappa shape index (κ1) is 12.1. The highest BCUT2D eigenvalue weighted by atomic mass is 16.5. The Hall–Kier alpha value is -1.92. The summed E-state index contributed by atoms with van der Waals surface area (Å²) in [6.45, 7) is 2.44. The van der Waals surface area contributed by atoms with Crippen molar-refractivity contribution < 1.29 is 9.26 Å². The third-order valence-corrected chi connectivity index (χ3v) is 3.16. The number of nitrogens with two attached hydrogens (primary N) is 1. The molecule has 6 heteroatoms. The number of aromatic nitrogens is 2. The largest absolute Gasteiger partial charge is 0.497 e. The standard InChI is InChI=1S/C13H16N4O2/c1-18-11-4-2-9(3-5-11)13-15-12(19-16-13)8-17-6-10(14)7-17/h2-5,10H,6-8,14H2,1H3. The molecule has 6 nitrogen and oxygen atoms in total. The molecule has 1 aliphatic heterocycles. The highest BCUT2D eigenvalue weighted by Gasteiger charge is 2.24. The highest BCUT2D eigenvalue weighted by Crippen LogP contribution is 2.20. The molecule has 1 aliphatic rings. The second kappa shape index (κ2) is 4.99. The fourth-order valence-corrected chi connectivity index (χ4v) is 2.11. The average molecular weight is 260 g/mol. The van der Waals surface area contributed by atoms with Crippen molar-refractivity contribution in [3.05, 3.63) is 30.2 Å². The van der Waals surface area contributed by atoms with Gasteiger partial charge in [0, 0.05) is 24.7 Å². The molecular weight excluding hydrogens is 244 g/mol. The van der Waals surface area contributed by atoms with E-state index in [-0.39, 0.29) is 6.04 Å². The van der Waals surface area contributed by atoms with E-state index in [1.54, 1.807) is 7.11 Å². The molecule has 0 amide bonds. The number of benzene rings is 1. The molecule has 1 fully saturated rings. The van der Waals surface area contributed by atoms with Crippen LogP contribution in [0.5, 0.6) is 5.75 Å². The van der Waals surface area contributed by atoms with Crippen molar-refractivity contribution >= 4 is 0 Å².